The van der Waals surface area contributed by atoms with Crippen molar-refractivity contribution in [1.29, 1.82) is 0 Å². The maximum atomic E-state index is 12.8. The van der Waals surface area contributed by atoms with Crippen LogP contribution < -0.4 is 4.74 Å². The van der Waals surface area contributed by atoms with Crippen LogP contribution >= 0.6 is 0 Å². The van der Waals surface area contributed by atoms with Crippen molar-refractivity contribution < 1.29 is 22.7 Å². The number of pyridine rings is 1. The Bertz CT molecular complexity index is 1240. The zero-order valence-electron chi connectivity index (χ0n) is 16.7. The zero-order chi connectivity index (χ0) is 22.2. The summed E-state index contributed by atoms with van der Waals surface area (Å²) in [6.45, 7) is 3.76. The monoisotopic (exact) mass is 429 g/mol. The molecule has 0 N–H and O–H groups in total. The summed E-state index contributed by atoms with van der Waals surface area (Å²) < 4.78 is 43.8. The van der Waals surface area contributed by atoms with Crippen LogP contribution in [0.2, 0.25) is 0 Å². The smallest absolute Gasteiger partial charge is 0.406 e. The Kier molecular flexibility index (Phi) is 5.22. The lowest BCUT2D eigenvalue weighted by Crippen LogP contribution is -2.17. The number of benzene rings is 1. The molecule has 0 bridgehead atoms. The minimum Gasteiger partial charge on any atom is -0.406 e. The molecule has 0 fully saturated rings. The molecule has 3 heterocycles. The van der Waals surface area contributed by atoms with Gasteiger partial charge < -0.3 is 4.74 Å². The molecular formula is C21H18F3N5O2. The Balaban J connectivity index is 1.45. The summed E-state index contributed by atoms with van der Waals surface area (Å²) in [5.41, 5.74) is 4.18. The maximum Gasteiger partial charge on any atom is 0.573 e. The highest BCUT2D eigenvalue weighted by atomic mass is 19.4. The van der Waals surface area contributed by atoms with Crippen LogP contribution in [-0.4, -0.2) is 36.8 Å². The number of rotatable bonds is 6. The van der Waals surface area contributed by atoms with E-state index in [-0.39, 0.29) is 18.0 Å². The SMILES string of the molecule is Cc1ccn2nc(C)c(C(=O)CCc3cn(-c4ccc(OC(F)(F)F)cc4)nn3)c2c1. The van der Waals surface area contributed by atoms with Gasteiger partial charge in [0, 0.05) is 19.0 Å². The summed E-state index contributed by atoms with van der Waals surface area (Å²) in [5, 5.41) is 12.4. The quantitative estimate of drug-likeness (QED) is 0.429. The van der Waals surface area contributed by atoms with Gasteiger partial charge in [-0.05, 0) is 55.8 Å². The Morgan fingerprint density at radius 3 is 2.58 bits per heavy atom. The number of carbonyl (C=O) groups is 1. The van der Waals surface area contributed by atoms with Crippen LogP contribution in [0, 0.1) is 13.8 Å². The summed E-state index contributed by atoms with van der Waals surface area (Å²) in [4.78, 5) is 12.8. The first-order chi connectivity index (χ1) is 14.7. The number of carbonyl (C=O) groups excluding carboxylic acids is 1. The van der Waals surface area contributed by atoms with Gasteiger partial charge in [0.2, 0.25) is 0 Å². The molecule has 0 atom stereocenters. The van der Waals surface area contributed by atoms with E-state index >= 15 is 0 Å². The van der Waals surface area contributed by atoms with Crippen molar-refractivity contribution in [3.63, 3.8) is 0 Å². The summed E-state index contributed by atoms with van der Waals surface area (Å²) in [6, 6.07) is 9.13. The number of aromatic nitrogens is 5. The molecule has 0 saturated heterocycles. The molecule has 10 heteroatoms. The molecule has 0 unspecified atom stereocenters. The molecule has 0 saturated carbocycles. The van der Waals surface area contributed by atoms with Crippen molar-refractivity contribution in [1.82, 2.24) is 24.6 Å². The van der Waals surface area contributed by atoms with Crippen molar-refractivity contribution >= 4 is 11.3 Å². The summed E-state index contributed by atoms with van der Waals surface area (Å²) >= 11 is 0. The minimum absolute atomic E-state index is 0.0405. The van der Waals surface area contributed by atoms with Crippen molar-refractivity contribution in [2.45, 2.75) is 33.1 Å². The van der Waals surface area contributed by atoms with Gasteiger partial charge in [-0.3, -0.25) is 4.79 Å². The predicted molar refractivity (Wildman–Crippen MR) is 105 cm³/mol. The second-order valence-corrected chi connectivity index (χ2v) is 7.11. The van der Waals surface area contributed by atoms with Crippen LogP contribution in [-0.2, 0) is 6.42 Å². The number of aryl methyl sites for hydroxylation is 3. The topological polar surface area (TPSA) is 74.3 Å². The number of nitrogens with zero attached hydrogens (tertiary/aromatic N) is 5. The standard InChI is InChI=1S/C21H18F3N5O2/c1-13-9-10-28-18(11-13)20(14(2)26-28)19(30)8-3-15-12-29(27-25-15)16-4-6-17(7-5-16)31-21(22,23)24/h4-7,9-12H,3,8H2,1-2H3. The molecule has 0 aliphatic carbocycles. The lowest BCUT2D eigenvalue weighted by Gasteiger charge is -2.08. The predicted octanol–water partition coefficient (Wildman–Crippen LogP) is 4.25. The Hall–Kier alpha value is -3.69. The first-order valence-electron chi connectivity index (χ1n) is 9.46. The molecule has 7 nitrogen and oxygen atoms in total. The van der Waals surface area contributed by atoms with Crippen LogP contribution in [0.3, 0.4) is 0 Å². The van der Waals surface area contributed by atoms with Crippen molar-refractivity contribution in [2.24, 2.45) is 0 Å². The second kappa shape index (κ2) is 7.86. The molecule has 0 aliphatic heterocycles. The number of ketones is 1. The highest BCUT2D eigenvalue weighted by Crippen LogP contribution is 2.24. The summed E-state index contributed by atoms with van der Waals surface area (Å²) in [6.07, 6.45) is -0.679. The normalized spacial score (nSPS) is 11.8. The largest absolute Gasteiger partial charge is 0.573 e. The van der Waals surface area contributed by atoms with Crippen LogP contribution in [0.25, 0.3) is 11.2 Å². The fourth-order valence-electron chi connectivity index (χ4n) is 3.32. The number of alkyl halides is 3. The van der Waals surface area contributed by atoms with Crippen LogP contribution in [0.1, 0.15) is 33.7 Å². The van der Waals surface area contributed by atoms with Crippen LogP contribution in [0.4, 0.5) is 13.2 Å². The summed E-state index contributed by atoms with van der Waals surface area (Å²) in [5.74, 6) is -0.359. The molecule has 3 aromatic heterocycles. The fraction of sp³-hybridized carbons (Fsp3) is 0.238. The average Bonchev–Trinajstić information content (AvgIpc) is 3.29. The highest BCUT2D eigenvalue weighted by Gasteiger charge is 2.31. The van der Waals surface area contributed by atoms with E-state index in [4.69, 9.17) is 0 Å². The van der Waals surface area contributed by atoms with Gasteiger partial charge >= 0.3 is 6.36 Å². The molecule has 160 valence electrons. The summed E-state index contributed by atoms with van der Waals surface area (Å²) in [7, 11) is 0. The maximum absolute atomic E-state index is 12.8. The molecule has 1 aromatic carbocycles. The van der Waals surface area contributed by atoms with Gasteiger partial charge in [-0.1, -0.05) is 5.21 Å². The molecule has 0 radical (unpaired) electrons. The Labute approximate surface area is 175 Å². The van der Waals surface area contributed by atoms with E-state index < -0.39 is 6.36 Å². The number of fused-ring (bicyclic) bond motifs is 1. The number of Topliss-reactive ketones (excluding diaryl/α,β-unsaturated/α-hetero) is 1. The van der Waals surface area contributed by atoms with Crippen molar-refractivity contribution in [3.05, 3.63) is 71.3 Å². The number of halogens is 3. The molecule has 4 aromatic rings. The van der Waals surface area contributed by atoms with Gasteiger partial charge in [0.25, 0.3) is 0 Å². The molecule has 0 aliphatic rings. The third-order valence-corrected chi connectivity index (χ3v) is 4.73. The highest BCUT2D eigenvalue weighted by molar-refractivity contribution is 6.03. The Morgan fingerprint density at radius 2 is 1.87 bits per heavy atom. The molecular weight excluding hydrogens is 411 g/mol. The average molecular weight is 429 g/mol. The van der Waals surface area contributed by atoms with E-state index in [9.17, 15) is 18.0 Å². The third kappa shape index (κ3) is 4.57. The van der Waals surface area contributed by atoms with Crippen molar-refractivity contribution in [2.75, 3.05) is 0 Å². The minimum atomic E-state index is -4.74. The van der Waals surface area contributed by atoms with Gasteiger partial charge in [0.05, 0.1) is 34.4 Å². The van der Waals surface area contributed by atoms with Gasteiger partial charge in [-0.15, -0.1) is 18.3 Å². The second-order valence-electron chi connectivity index (χ2n) is 7.11. The van der Waals surface area contributed by atoms with E-state index in [1.807, 2.05) is 25.3 Å². The lowest BCUT2D eigenvalue weighted by atomic mass is 10.0. The van der Waals surface area contributed by atoms with E-state index in [1.165, 1.54) is 28.9 Å². The molecule has 31 heavy (non-hydrogen) atoms. The van der Waals surface area contributed by atoms with Crippen LogP contribution in [0.15, 0.2) is 48.8 Å². The first kappa shape index (κ1) is 20.6. The van der Waals surface area contributed by atoms with Crippen LogP contribution in [0.5, 0.6) is 5.75 Å². The molecule has 0 amide bonds. The van der Waals surface area contributed by atoms with Gasteiger partial charge in [-0.25, -0.2) is 9.20 Å². The van der Waals surface area contributed by atoms with Gasteiger partial charge in [0.1, 0.15) is 5.75 Å². The van der Waals surface area contributed by atoms with E-state index in [2.05, 4.69) is 20.1 Å². The van der Waals surface area contributed by atoms with Gasteiger partial charge in [-0.2, -0.15) is 5.10 Å². The molecule has 0 spiro atoms. The zero-order valence-corrected chi connectivity index (χ0v) is 16.7. The third-order valence-electron chi connectivity index (χ3n) is 4.73. The van der Waals surface area contributed by atoms with E-state index in [0.717, 1.165) is 11.1 Å². The Morgan fingerprint density at radius 1 is 1.13 bits per heavy atom. The van der Waals surface area contributed by atoms with E-state index in [1.54, 1.807) is 17.6 Å². The van der Waals surface area contributed by atoms with Gasteiger partial charge in [0.15, 0.2) is 5.78 Å². The van der Waals surface area contributed by atoms with Crippen molar-refractivity contribution in [3.8, 4) is 11.4 Å². The number of ether oxygens (including phenoxy) is 1. The lowest BCUT2D eigenvalue weighted by molar-refractivity contribution is -0.274. The number of hydrogen-bond acceptors (Lipinski definition) is 5. The number of hydrogen-bond donors (Lipinski definition) is 0. The molecule has 4 rings (SSSR count). The fourth-order valence-corrected chi connectivity index (χ4v) is 3.32. The first-order valence-corrected chi connectivity index (χ1v) is 9.46. The van der Waals surface area contributed by atoms with E-state index in [0.29, 0.717) is 29.1 Å².